The molecule has 1 aromatic heterocycles. The molecule has 2 heterocycles. The summed E-state index contributed by atoms with van der Waals surface area (Å²) in [7, 11) is 0. The molecule has 0 aliphatic carbocycles. The number of hydrogen-bond acceptors (Lipinski definition) is 4. The number of nitriles is 1. The van der Waals surface area contributed by atoms with Crippen LogP contribution in [-0.2, 0) is 0 Å². The zero-order chi connectivity index (χ0) is 20.4. The number of amidine groups is 1. The molecule has 1 fully saturated rings. The number of nitrogens with zero attached hydrogens (tertiary/aromatic N) is 4. The molecule has 1 aromatic rings. The predicted molar refractivity (Wildman–Crippen MR) is 112 cm³/mol. The maximum absolute atomic E-state index is 12.1. The lowest BCUT2D eigenvalue weighted by molar-refractivity contribution is 0.188. The Morgan fingerprint density at radius 3 is 2.93 bits per heavy atom. The van der Waals surface area contributed by atoms with Gasteiger partial charge in [-0.1, -0.05) is 33.1 Å². The number of nitrogens with two attached hydrogens (primary N) is 1. The normalized spacial score (nSPS) is 19.0. The second-order valence-electron chi connectivity index (χ2n) is 7.50. The summed E-state index contributed by atoms with van der Waals surface area (Å²) < 4.78 is 0. The van der Waals surface area contributed by atoms with Crippen molar-refractivity contribution in [1.29, 1.82) is 5.26 Å². The van der Waals surface area contributed by atoms with Crippen LogP contribution in [-0.4, -0.2) is 41.4 Å². The fourth-order valence-electron chi connectivity index (χ4n) is 3.71. The molecule has 0 aromatic carbocycles. The minimum absolute atomic E-state index is 0.111. The molecule has 0 saturated carbocycles. The van der Waals surface area contributed by atoms with Gasteiger partial charge in [-0.3, -0.25) is 5.32 Å². The number of hydrogen-bond donors (Lipinski definition) is 2. The van der Waals surface area contributed by atoms with Gasteiger partial charge in [0.2, 0.25) is 0 Å². The maximum atomic E-state index is 12.1. The van der Waals surface area contributed by atoms with Gasteiger partial charge in [-0.2, -0.15) is 10.3 Å². The van der Waals surface area contributed by atoms with Crippen molar-refractivity contribution in [3.05, 3.63) is 23.9 Å². The number of carbonyl (C=O) groups excluding carboxylic acids is 1. The lowest BCUT2D eigenvalue weighted by atomic mass is 9.94. The van der Waals surface area contributed by atoms with Crippen LogP contribution in [0, 0.1) is 23.2 Å². The molecule has 7 heteroatoms. The summed E-state index contributed by atoms with van der Waals surface area (Å²) in [6, 6.07) is 4.63. The van der Waals surface area contributed by atoms with E-state index in [2.05, 4.69) is 34.0 Å². The highest BCUT2D eigenvalue weighted by molar-refractivity contribution is 5.99. The Labute approximate surface area is 168 Å². The number of urea groups is 1. The number of rotatable bonds is 8. The maximum Gasteiger partial charge on any atom is 0.348 e. The molecule has 0 radical (unpaired) electrons. The third kappa shape index (κ3) is 6.93. The first-order valence-electron chi connectivity index (χ1n) is 10.3. The van der Waals surface area contributed by atoms with E-state index in [4.69, 9.17) is 11.0 Å². The quantitative estimate of drug-likeness (QED) is 0.524. The fourth-order valence-corrected chi connectivity index (χ4v) is 3.71. The molecule has 2 atom stereocenters. The molecule has 1 aliphatic heterocycles. The van der Waals surface area contributed by atoms with Gasteiger partial charge in [0.15, 0.2) is 0 Å². The van der Waals surface area contributed by atoms with Gasteiger partial charge < -0.3 is 10.6 Å². The number of aromatic nitrogens is 1. The number of carbonyl (C=O) groups is 1. The molecule has 2 unspecified atom stereocenters. The van der Waals surface area contributed by atoms with Crippen LogP contribution in [0.5, 0.6) is 0 Å². The van der Waals surface area contributed by atoms with Crippen molar-refractivity contribution in [1.82, 2.24) is 9.88 Å². The van der Waals surface area contributed by atoms with Crippen LogP contribution in [0.4, 0.5) is 10.6 Å². The molecule has 7 nitrogen and oxygen atoms in total. The molecule has 1 saturated heterocycles. The number of nitrogens with one attached hydrogen (secondary N) is 1. The highest BCUT2D eigenvalue weighted by Crippen LogP contribution is 2.20. The molecule has 0 spiro atoms. The number of likely N-dealkylation sites (tertiary alicyclic amines) is 1. The minimum atomic E-state index is -0.527. The molecular weight excluding hydrogens is 352 g/mol. The van der Waals surface area contributed by atoms with Crippen LogP contribution in [0.2, 0.25) is 0 Å². The third-order valence-corrected chi connectivity index (χ3v) is 5.41. The summed E-state index contributed by atoms with van der Waals surface area (Å²) >= 11 is 0. The van der Waals surface area contributed by atoms with Crippen LogP contribution >= 0.6 is 0 Å². The monoisotopic (exact) mass is 384 g/mol. The van der Waals surface area contributed by atoms with E-state index in [1.165, 1.54) is 31.9 Å². The molecule has 28 heavy (non-hydrogen) atoms. The van der Waals surface area contributed by atoms with Gasteiger partial charge in [0, 0.05) is 18.7 Å². The van der Waals surface area contributed by atoms with Crippen molar-refractivity contribution in [3.8, 4) is 6.07 Å². The number of aliphatic imine (C=N–C) groups is 1. The summed E-state index contributed by atoms with van der Waals surface area (Å²) in [5.74, 6) is 1.64. The van der Waals surface area contributed by atoms with Gasteiger partial charge in [0.1, 0.15) is 17.7 Å². The number of amides is 2. The summed E-state index contributed by atoms with van der Waals surface area (Å²) in [5.41, 5.74) is 6.58. The first-order chi connectivity index (χ1) is 13.5. The standard InChI is InChI=1S/C21H32N6O/c1-3-6-16(4-2)10-12-27-11-5-7-18(15-27)20(23)26-21(28)25-19-9-8-17(13-22)14-24-19/h8-9,14,16,18H,3-7,10-12,15H2,1-2H3,(H3,23,24,25,26,28). The highest BCUT2D eigenvalue weighted by atomic mass is 16.2. The van der Waals surface area contributed by atoms with Gasteiger partial charge in [-0.05, 0) is 50.4 Å². The second kappa shape index (κ2) is 11.4. The van der Waals surface area contributed by atoms with Crippen LogP contribution < -0.4 is 11.1 Å². The smallest absolute Gasteiger partial charge is 0.348 e. The number of piperidine rings is 1. The van der Waals surface area contributed by atoms with Gasteiger partial charge in [0.25, 0.3) is 0 Å². The predicted octanol–water partition coefficient (Wildman–Crippen LogP) is 3.77. The van der Waals surface area contributed by atoms with E-state index < -0.39 is 6.03 Å². The minimum Gasteiger partial charge on any atom is -0.387 e. The molecule has 1 aliphatic rings. The molecule has 2 rings (SSSR count). The van der Waals surface area contributed by atoms with Crippen LogP contribution in [0.15, 0.2) is 23.3 Å². The molecular formula is C21H32N6O. The largest absolute Gasteiger partial charge is 0.387 e. The Bertz CT molecular complexity index is 694. The van der Waals surface area contributed by atoms with E-state index in [1.807, 2.05) is 6.07 Å². The van der Waals surface area contributed by atoms with Crippen molar-refractivity contribution in [3.63, 3.8) is 0 Å². The summed E-state index contributed by atoms with van der Waals surface area (Å²) in [5, 5.41) is 11.4. The molecule has 0 bridgehead atoms. The lowest BCUT2D eigenvalue weighted by Crippen LogP contribution is -2.42. The lowest BCUT2D eigenvalue weighted by Gasteiger charge is -2.33. The first kappa shape index (κ1) is 21.8. The topological polar surface area (TPSA) is 107 Å². The number of pyridine rings is 1. The van der Waals surface area contributed by atoms with Crippen molar-refractivity contribution in [2.75, 3.05) is 25.0 Å². The van der Waals surface area contributed by atoms with E-state index in [0.29, 0.717) is 17.2 Å². The van der Waals surface area contributed by atoms with Crippen molar-refractivity contribution in [2.45, 2.75) is 52.4 Å². The Morgan fingerprint density at radius 1 is 1.46 bits per heavy atom. The van der Waals surface area contributed by atoms with Crippen LogP contribution in [0.3, 0.4) is 0 Å². The van der Waals surface area contributed by atoms with Gasteiger partial charge in [-0.25, -0.2) is 9.78 Å². The Balaban J connectivity index is 1.86. The molecule has 152 valence electrons. The van der Waals surface area contributed by atoms with Crippen LogP contribution in [0.1, 0.15) is 57.9 Å². The van der Waals surface area contributed by atoms with Crippen molar-refractivity contribution < 1.29 is 4.79 Å². The fraction of sp³-hybridized carbons (Fsp3) is 0.619. The molecule has 3 N–H and O–H groups in total. The second-order valence-corrected chi connectivity index (χ2v) is 7.50. The Kier molecular flexibility index (Phi) is 8.89. The Hall–Kier alpha value is -2.46. The summed E-state index contributed by atoms with van der Waals surface area (Å²) in [6.07, 6.45) is 8.43. The molecule has 2 amide bonds. The summed E-state index contributed by atoms with van der Waals surface area (Å²) in [4.78, 5) is 22.6. The van der Waals surface area contributed by atoms with Gasteiger partial charge in [0.05, 0.1) is 5.56 Å². The van der Waals surface area contributed by atoms with Crippen molar-refractivity contribution >= 4 is 17.7 Å². The van der Waals surface area contributed by atoms with E-state index in [0.717, 1.165) is 38.4 Å². The van der Waals surface area contributed by atoms with Crippen LogP contribution in [0.25, 0.3) is 0 Å². The van der Waals surface area contributed by atoms with E-state index >= 15 is 0 Å². The zero-order valence-corrected chi connectivity index (χ0v) is 17.0. The highest BCUT2D eigenvalue weighted by Gasteiger charge is 2.23. The van der Waals surface area contributed by atoms with Gasteiger partial charge >= 0.3 is 6.03 Å². The van der Waals surface area contributed by atoms with Gasteiger partial charge in [-0.15, -0.1) is 0 Å². The van der Waals surface area contributed by atoms with Crippen molar-refractivity contribution in [2.24, 2.45) is 22.6 Å². The zero-order valence-electron chi connectivity index (χ0n) is 17.0. The van der Waals surface area contributed by atoms with E-state index in [1.54, 1.807) is 12.1 Å². The Morgan fingerprint density at radius 2 is 2.29 bits per heavy atom. The summed E-state index contributed by atoms with van der Waals surface area (Å²) in [6.45, 7) is 7.55. The average molecular weight is 385 g/mol. The average Bonchev–Trinajstić information content (AvgIpc) is 2.71. The first-order valence-corrected chi connectivity index (χ1v) is 10.3. The van der Waals surface area contributed by atoms with E-state index in [9.17, 15) is 4.79 Å². The van der Waals surface area contributed by atoms with E-state index in [-0.39, 0.29) is 5.92 Å². The SMILES string of the molecule is CCCC(CC)CCN1CCCC(/C(N)=N/C(=O)Nc2ccc(C#N)cn2)C1. The third-order valence-electron chi connectivity index (χ3n) is 5.41. The number of anilines is 1.